The molecular formula is C14H20BrClN2. The molecule has 1 heterocycles. The third kappa shape index (κ3) is 3.70. The molecule has 2 nitrogen and oxygen atoms in total. The molecule has 0 bridgehead atoms. The summed E-state index contributed by atoms with van der Waals surface area (Å²) in [5.41, 5.74) is 1.22. The zero-order valence-electron chi connectivity index (χ0n) is 11.0. The summed E-state index contributed by atoms with van der Waals surface area (Å²) in [6.07, 6.45) is 1.23. The third-order valence-corrected chi connectivity index (χ3v) is 4.42. The van der Waals surface area contributed by atoms with Crippen LogP contribution >= 0.6 is 27.5 Å². The number of halogens is 2. The molecule has 0 aromatic heterocycles. The third-order valence-electron chi connectivity index (χ3n) is 3.57. The fourth-order valence-electron chi connectivity index (χ4n) is 2.53. The fraction of sp³-hybridized carbons (Fsp3) is 0.571. The van der Waals surface area contributed by atoms with Gasteiger partial charge in [0.1, 0.15) is 0 Å². The Balaban J connectivity index is 2.07. The minimum atomic E-state index is 0.581. The first-order valence-corrected chi connectivity index (χ1v) is 7.60. The molecule has 0 N–H and O–H groups in total. The maximum Gasteiger partial charge on any atom is 0.0462 e. The minimum absolute atomic E-state index is 0.581. The Labute approximate surface area is 123 Å². The SMILES string of the molecule is CC1CN(C)CCCN1Cc1ccc(Br)cc1Cl. The largest absolute Gasteiger partial charge is 0.305 e. The number of nitrogens with zero attached hydrogens (tertiary/aromatic N) is 2. The van der Waals surface area contributed by atoms with E-state index in [1.165, 1.54) is 18.5 Å². The molecule has 1 aromatic carbocycles. The summed E-state index contributed by atoms with van der Waals surface area (Å²) >= 11 is 9.75. The van der Waals surface area contributed by atoms with Gasteiger partial charge in [-0.05, 0) is 44.6 Å². The highest BCUT2D eigenvalue weighted by molar-refractivity contribution is 9.10. The molecule has 1 aliphatic heterocycles. The lowest BCUT2D eigenvalue weighted by Crippen LogP contribution is -2.37. The summed E-state index contributed by atoms with van der Waals surface area (Å²) in [4.78, 5) is 4.94. The summed E-state index contributed by atoms with van der Waals surface area (Å²) < 4.78 is 1.04. The lowest BCUT2D eigenvalue weighted by atomic mass is 10.1. The summed E-state index contributed by atoms with van der Waals surface area (Å²) in [6.45, 7) is 6.72. The fourth-order valence-corrected chi connectivity index (χ4v) is 3.26. The van der Waals surface area contributed by atoms with E-state index in [1.807, 2.05) is 6.07 Å². The molecule has 4 heteroatoms. The molecule has 18 heavy (non-hydrogen) atoms. The predicted molar refractivity (Wildman–Crippen MR) is 81.1 cm³/mol. The molecule has 0 spiro atoms. The first-order chi connectivity index (χ1) is 8.56. The van der Waals surface area contributed by atoms with Crippen LogP contribution in [0.4, 0.5) is 0 Å². The molecule has 1 fully saturated rings. The van der Waals surface area contributed by atoms with E-state index in [1.54, 1.807) is 0 Å². The Morgan fingerprint density at radius 3 is 2.89 bits per heavy atom. The van der Waals surface area contributed by atoms with Crippen LogP contribution in [0.1, 0.15) is 18.9 Å². The van der Waals surface area contributed by atoms with E-state index < -0.39 is 0 Å². The monoisotopic (exact) mass is 330 g/mol. The van der Waals surface area contributed by atoms with Crippen LogP contribution in [0, 0.1) is 0 Å². The average molecular weight is 332 g/mol. The Kier molecular flexibility index (Phi) is 5.07. The quantitative estimate of drug-likeness (QED) is 0.816. The van der Waals surface area contributed by atoms with Crippen molar-refractivity contribution in [3.05, 3.63) is 33.3 Å². The number of rotatable bonds is 2. The minimum Gasteiger partial charge on any atom is -0.305 e. The average Bonchev–Trinajstić information content (AvgIpc) is 2.44. The second-order valence-electron chi connectivity index (χ2n) is 5.17. The number of hydrogen-bond acceptors (Lipinski definition) is 2. The smallest absolute Gasteiger partial charge is 0.0462 e. The topological polar surface area (TPSA) is 6.48 Å². The van der Waals surface area contributed by atoms with Gasteiger partial charge >= 0.3 is 0 Å². The summed E-state index contributed by atoms with van der Waals surface area (Å²) in [5.74, 6) is 0. The number of benzene rings is 1. The van der Waals surface area contributed by atoms with E-state index in [0.717, 1.165) is 29.1 Å². The van der Waals surface area contributed by atoms with Gasteiger partial charge in [0, 0.05) is 35.2 Å². The van der Waals surface area contributed by atoms with Crippen molar-refractivity contribution in [2.45, 2.75) is 25.9 Å². The van der Waals surface area contributed by atoms with E-state index in [9.17, 15) is 0 Å². The highest BCUT2D eigenvalue weighted by Gasteiger charge is 2.20. The van der Waals surface area contributed by atoms with Crippen LogP contribution in [0.5, 0.6) is 0 Å². The molecule has 0 radical (unpaired) electrons. The van der Waals surface area contributed by atoms with Crippen LogP contribution in [0.3, 0.4) is 0 Å². The first-order valence-electron chi connectivity index (χ1n) is 6.43. The van der Waals surface area contributed by atoms with E-state index in [0.29, 0.717) is 6.04 Å². The van der Waals surface area contributed by atoms with Gasteiger partial charge in [-0.1, -0.05) is 33.6 Å². The zero-order valence-corrected chi connectivity index (χ0v) is 13.3. The normalized spacial score (nSPS) is 23.0. The second-order valence-corrected chi connectivity index (χ2v) is 6.49. The molecule has 1 unspecified atom stereocenters. The molecule has 2 rings (SSSR count). The van der Waals surface area contributed by atoms with Gasteiger partial charge < -0.3 is 4.90 Å². The molecule has 1 atom stereocenters. The Morgan fingerprint density at radius 1 is 1.39 bits per heavy atom. The molecule has 0 saturated carbocycles. The maximum atomic E-state index is 6.30. The van der Waals surface area contributed by atoms with E-state index in [2.05, 4.69) is 51.8 Å². The van der Waals surface area contributed by atoms with Crippen LogP contribution < -0.4 is 0 Å². The molecule has 1 saturated heterocycles. The molecular weight excluding hydrogens is 312 g/mol. The van der Waals surface area contributed by atoms with Crippen molar-refractivity contribution >= 4 is 27.5 Å². The van der Waals surface area contributed by atoms with Crippen LogP contribution in [-0.4, -0.2) is 42.5 Å². The van der Waals surface area contributed by atoms with Crippen molar-refractivity contribution in [2.24, 2.45) is 0 Å². The summed E-state index contributed by atoms with van der Waals surface area (Å²) in [5, 5.41) is 0.856. The highest BCUT2D eigenvalue weighted by Crippen LogP contribution is 2.24. The van der Waals surface area contributed by atoms with Crippen molar-refractivity contribution < 1.29 is 0 Å². The van der Waals surface area contributed by atoms with Gasteiger partial charge in [-0.25, -0.2) is 0 Å². The standard InChI is InChI=1S/C14H20BrClN2/c1-11-9-17(2)6-3-7-18(11)10-12-4-5-13(15)8-14(12)16/h4-5,8,11H,3,6-7,9-10H2,1-2H3. The van der Waals surface area contributed by atoms with Gasteiger partial charge in [-0.3, -0.25) is 4.90 Å². The Bertz CT molecular complexity index is 411. The van der Waals surface area contributed by atoms with Gasteiger partial charge in [-0.15, -0.1) is 0 Å². The first kappa shape index (κ1) is 14.3. The lowest BCUT2D eigenvalue weighted by Gasteiger charge is -2.28. The second kappa shape index (κ2) is 6.38. The van der Waals surface area contributed by atoms with Crippen LogP contribution in [0.2, 0.25) is 5.02 Å². The Hall–Kier alpha value is -0.0900. The molecule has 1 aliphatic rings. The van der Waals surface area contributed by atoms with Crippen molar-refractivity contribution in [3.63, 3.8) is 0 Å². The summed E-state index contributed by atoms with van der Waals surface area (Å²) in [7, 11) is 2.20. The van der Waals surface area contributed by atoms with Gasteiger partial charge in [0.25, 0.3) is 0 Å². The van der Waals surface area contributed by atoms with E-state index in [-0.39, 0.29) is 0 Å². The van der Waals surface area contributed by atoms with Gasteiger partial charge in [-0.2, -0.15) is 0 Å². The summed E-state index contributed by atoms with van der Waals surface area (Å²) in [6, 6.07) is 6.74. The van der Waals surface area contributed by atoms with Crippen molar-refractivity contribution in [1.82, 2.24) is 9.80 Å². The van der Waals surface area contributed by atoms with Gasteiger partial charge in [0.05, 0.1) is 0 Å². The lowest BCUT2D eigenvalue weighted by molar-refractivity contribution is 0.194. The zero-order chi connectivity index (χ0) is 13.1. The van der Waals surface area contributed by atoms with E-state index in [4.69, 9.17) is 11.6 Å². The van der Waals surface area contributed by atoms with Crippen LogP contribution in [0.25, 0.3) is 0 Å². The Morgan fingerprint density at radius 2 is 2.17 bits per heavy atom. The van der Waals surface area contributed by atoms with Gasteiger partial charge in [0.15, 0.2) is 0 Å². The predicted octanol–water partition coefficient (Wildman–Crippen LogP) is 3.63. The highest BCUT2D eigenvalue weighted by atomic mass is 79.9. The van der Waals surface area contributed by atoms with Crippen molar-refractivity contribution in [3.8, 4) is 0 Å². The van der Waals surface area contributed by atoms with Crippen LogP contribution in [0.15, 0.2) is 22.7 Å². The number of hydrogen-bond donors (Lipinski definition) is 0. The molecule has 100 valence electrons. The number of likely N-dealkylation sites (N-methyl/N-ethyl adjacent to an activating group) is 1. The van der Waals surface area contributed by atoms with Crippen LogP contribution in [-0.2, 0) is 6.54 Å². The van der Waals surface area contributed by atoms with Crippen molar-refractivity contribution in [1.29, 1.82) is 0 Å². The molecule has 1 aromatic rings. The van der Waals surface area contributed by atoms with Gasteiger partial charge in [0.2, 0.25) is 0 Å². The maximum absolute atomic E-state index is 6.30. The van der Waals surface area contributed by atoms with Crippen molar-refractivity contribution in [2.75, 3.05) is 26.7 Å². The molecule has 0 amide bonds. The molecule has 0 aliphatic carbocycles. The van der Waals surface area contributed by atoms with E-state index >= 15 is 0 Å².